The molecule has 0 bridgehead atoms. The molecule has 104 valence electrons. The summed E-state index contributed by atoms with van der Waals surface area (Å²) in [5.41, 5.74) is 0. The molecule has 2 aromatic heterocycles. The fourth-order valence-electron chi connectivity index (χ4n) is 1.65. The number of rotatable bonds is 8. The van der Waals surface area contributed by atoms with E-state index in [1.54, 1.807) is 13.3 Å². The van der Waals surface area contributed by atoms with Crippen LogP contribution < -0.4 is 5.32 Å². The second-order valence-electron chi connectivity index (χ2n) is 4.07. The van der Waals surface area contributed by atoms with E-state index in [0.29, 0.717) is 0 Å². The van der Waals surface area contributed by atoms with Crippen molar-refractivity contribution in [3.63, 3.8) is 0 Å². The number of halogens is 1. The molecule has 6 heteroatoms. The van der Waals surface area contributed by atoms with Crippen molar-refractivity contribution < 1.29 is 9.15 Å². The monoisotopic (exact) mass is 300 g/mol. The molecule has 2 aromatic rings. The van der Waals surface area contributed by atoms with Gasteiger partial charge in [0.2, 0.25) is 0 Å². The molecular formula is C13H17ClN2O2S. The van der Waals surface area contributed by atoms with E-state index >= 15 is 0 Å². The molecule has 2 rings (SSSR count). The molecule has 2 heterocycles. The Morgan fingerprint density at radius 1 is 1.42 bits per heavy atom. The first kappa shape index (κ1) is 14.5. The highest BCUT2D eigenvalue weighted by Crippen LogP contribution is 2.31. The average Bonchev–Trinajstić information content (AvgIpc) is 3.02. The summed E-state index contributed by atoms with van der Waals surface area (Å²) in [6.07, 6.45) is 3.59. The van der Waals surface area contributed by atoms with Gasteiger partial charge >= 0.3 is 0 Å². The van der Waals surface area contributed by atoms with E-state index < -0.39 is 0 Å². The van der Waals surface area contributed by atoms with Crippen LogP contribution in [0.5, 0.6) is 0 Å². The second kappa shape index (κ2) is 7.65. The number of aryl methyl sites for hydroxylation is 1. The van der Waals surface area contributed by atoms with Crippen LogP contribution in [0.15, 0.2) is 22.7 Å². The molecule has 0 fully saturated rings. The molecule has 0 atom stereocenters. The minimum Gasteiger partial charge on any atom is -0.440 e. The maximum Gasteiger partial charge on any atom is 0.194 e. The van der Waals surface area contributed by atoms with Crippen LogP contribution in [0.4, 0.5) is 0 Å². The van der Waals surface area contributed by atoms with Crippen LogP contribution in [0, 0.1) is 0 Å². The number of thiophene rings is 1. The molecule has 0 amide bonds. The van der Waals surface area contributed by atoms with Gasteiger partial charge in [-0.2, -0.15) is 0 Å². The standard InChI is InChI=1S/C13H17ClN2O2S/c1-17-8-7-15-6-2-3-13-16-9-10(18-13)11-4-5-12(14)19-11/h4-5,9,15H,2-3,6-8H2,1H3. The summed E-state index contributed by atoms with van der Waals surface area (Å²) in [5.74, 6) is 1.56. The number of nitrogens with zero attached hydrogens (tertiary/aromatic N) is 1. The Kier molecular flexibility index (Phi) is 5.85. The summed E-state index contributed by atoms with van der Waals surface area (Å²) in [6.45, 7) is 2.55. The van der Waals surface area contributed by atoms with Crippen LogP contribution in [0.2, 0.25) is 4.34 Å². The lowest BCUT2D eigenvalue weighted by Gasteiger charge is -2.01. The van der Waals surface area contributed by atoms with E-state index in [2.05, 4.69) is 10.3 Å². The Morgan fingerprint density at radius 3 is 3.05 bits per heavy atom. The normalized spacial score (nSPS) is 11.1. The first-order valence-electron chi connectivity index (χ1n) is 6.19. The quantitative estimate of drug-likeness (QED) is 0.760. The van der Waals surface area contributed by atoms with E-state index in [9.17, 15) is 0 Å². The van der Waals surface area contributed by atoms with Crippen molar-refractivity contribution in [2.24, 2.45) is 0 Å². The lowest BCUT2D eigenvalue weighted by molar-refractivity contribution is 0.199. The molecule has 1 N–H and O–H groups in total. The first-order valence-corrected chi connectivity index (χ1v) is 7.39. The minimum absolute atomic E-state index is 0.738. The van der Waals surface area contributed by atoms with Crippen molar-refractivity contribution >= 4 is 22.9 Å². The summed E-state index contributed by atoms with van der Waals surface area (Å²) >= 11 is 7.40. The molecule has 0 aliphatic heterocycles. The minimum atomic E-state index is 0.738. The van der Waals surface area contributed by atoms with Crippen molar-refractivity contribution in [2.45, 2.75) is 12.8 Å². The molecule has 0 spiro atoms. The zero-order valence-corrected chi connectivity index (χ0v) is 12.4. The number of ether oxygens (including phenoxy) is 1. The number of hydrogen-bond donors (Lipinski definition) is 1. The third-order valence-corrected chi connectivity index (χ3v) is 3.84. The van der Waals surface area contributed by atoms with Crippen LogP contribution in [0.1, 0.15) is 12.3 Å². The van der Waals surface area contributed by atoms with Gasteiger partial charge in [-0.1, -0.05) is 11.6 Å². The van der Waals surface area contributed by atoms with Gasteiger partial charge in [0.05, 0.1) is 22.0 Å². The third kappa shape index (κ3) is 4.62. The molecule has 0 radical (unpaired) electrons. The average molecular weight is 301 g/mol. The number of aromatic nitrogens is 1. The van der Waals surface area contributed by atoms with Crippen molar-refractivity contribution in [2.75, 3.05) is 26.8 Å². The Morgan fingerprint density at radius 2 is 2.32 bits per heavy atom. The molecule has 0 aromatic carbocycles. The predicted octanol–water partition coefficient (Wildman–Crippen LogP) is 3.23. The van der Waals surface area contributed by atoms with Gasteiger partial charge in [0.1, 0.15) is 0 Å². The first-order chi connectivity index (χ1) is 9.29. The smallest absolute Gasteiger partial charge is 0.194 e. The topological polar surface area (TPSA) is 47.3 Å². The fraction of sp³-hybridized carbons (Fsp3) is 0.462. The highest BCUT2D eigenvalue weighted by Gasteiger charge is 2.08. The van der Waals surface area contributed by atoms with E-state index in [-0.39, 0.29) is 0 Å². The number of nitrogens with one attached hydrogen (secondary N) is 1. The van der Waals surface area contributed by atoms with E-state index in [4.69, 9.17) is 20.8 Å². The maximum absolute atomic E-state index is 5.90. The number of oxazole rings is 1. The van der Waals surface area contributed by atoms with Crippen LogP contribution in [-0.2, 0) is 11.2 Å². The zero-order valence-electron chi connectivity index (χ0n) is 10.8. The van der Waals surface area contributed by atoms with Crippen molar-refractivity contribution in [3.05, 3.63) is 28.6 Å². The van der Waals surface area contributed by atoms with Crippen LogP contribution in [-0.4, -0.2) is 31.8 Å². The second-order valence-corrected chi connectivity index (χ2v) is 5.78. The largest absolute Gasteiger partial charge is 0.440 e. The van der Waals surface area contributed by atoms with Gasteiger partial charge in [-0.3, -0.25) is 0 Å². The lowest BCUT2D eigenvalue weighted by Crippen LogP contribution is -2.20. The highest BCUT2D eigenvalue weighted by atomic mass is 35.5. The summed E-state index contributed by atoms with van der Waals surface area (Å²) in [4.78, 5) is 5.30. The van der Waals surface area contributed by atoms with Gasteiger partial charge in [-0.05, 0) is 25.1 Å². The molecular weight excluding hydrogens is 284 g/mol. The van der Waals surface area contributed by atoms with Gasteiger partial charge in [0.25, 0.3) is 0 Å². The highest BCUT2D eigenvalue weighted by molar-refractivity contribution is 7.19. The lowest BCUT2D eigenvalue weighted by atomic mass is 10.3. The van der Waals surface area contributed by atoms with Gasteiger partial charge < -0.3 is 14.5 Å². The molecule has 0 aliphatic carbocycles. The summed E-state index contributed by atoms with van der Waals surface area (Å²) < 4.78 is 11.4. The number of methoxy groups -OCH3 is 1. The molecule has 0 saturated heterocycles. The van der Waals surface area contributed by atoms with Crippen molar-refractivity contribution in [1.82, 2.24) is 10.3 Å². The summed E-state index contributed by atoms with van der Waals surface area (Å²) in [6, 6.07) is 3.81. The Hall–Kier alpha value is -0.880. The van der Waals surface area contributed by atoms with Crippen molar-refractivity contribution in [3.8, 4) is 10.6 Å². The fourth-order valence-corrected chi connectivity index (χ4v) is 2.64. The van der Waals surface area contributed by atoms with E-state index in [0.717, 1.165) is 53.4 Å². The SMILES string of the molecule is COCCNCCCc1ncc(-c2ccc(Cl)s2)o1. The van der Waals surface area contributed by atoms with Gasteiger partial charge in [0, 0.05) is 20.1 Å². The molecule has 19 heavy (non-hydrogen) atoms. The van der Waals surface area contributed by atoms with Crippen LogP contribution in [0.25, 0.3) is 10.6 Å². The molecule has 4 nitrogen and oxygen atoms in total. The Bertz CT molecular complexity index is 498. The van der Waals surface area contributed by atoms with Gasteiger partial charge in [-0.15, -0.1) is 11.3 Å². The Balaban J connectivity index is 1.75. The maximum atomic E-state index is 5.90. The Labute approximate surface area is 121 Å². The van der Waals surface area contributed by atoms with E-state index in [1.807, 2.05) is 12.1 Å². The number of hydrogen-bond acceptors (Lipinski definition) is 5. The van der Waals surface area contributed by atoms with E-state index in [1.165, 1.54) is 11.3 Å². The molecule has 0 saturated carbocycles. The summed E-state index contributed by atoms with van der Waals surface area (Å²) in [5, 5.41) is 3.29. The van der Waals surface area contributed by atoms with Gasteiger partial charge in [0.15, 0.2) is 11.7 Å². The summed E-state index contributed by atoms with van der Waals surface area (Å²) in [7, 11) is 1.70. The van der Waals surface area contributed by atoms with Crippen LogP contribution >= 0.6 is 22.9 Å². The third-order valence-electron chi connectivity index (χ3n) is 2.60. The predicted molar refractivity (Wildman–Crippen MR) is 77.9 cm³/mol. The van der Waals surface area contributed by atoms with Crippen LogP contribution in [0.3, 0.4) is 0 Å². The molecule has 0 unspecified atom stereocenters. The van der Waals surface area contributed by atoms with Crippen molar-refractivity contribution in [1.29, 1.82) is 0 Å². The zero-order chi connectivity index (χ0) is 13.5. The molecule has 0 aliphatic rings. The van der Waals surface area contributed by atoms with Gasteiger partial charge in [-0.25, -0.2) is 4.98 Å².